The molecule has 7 nitrogen and oxygen atoms in total. The van der Waals surface area contributed by atoms with Crippen LogP contribution >= 0.6 is 24.0 Å². The van der Waals surface area contributed by atoms with Crippen molar-refractivity contribution in [2.45, 2.75) is 59.5 Å². The molecule has 1 fully saturated rings. The second kappa shape index (κ2) is 11.8. The van der Waals surface area contributed by atoms with E-state index in [1.807, 2.05) is 32.9 Å². The summed E-state index contributed by atoms with van der Waals surface area (Å²) in [5.74, 6) is 0.316. The fourth-order valence-electron chi connectivity index (χ4n) is 3.47. The highest BCUT2D eigenvalue weighted by molar-refractivity contribution is 8.26. The normalized spacial score (nSPS) is 15.4. The minimum Gasteiger partial charge on any atom is -0.379 e. The van der Waals surface area contributed by atoms with Crippen LogP contribution in [0.5, 0.6) is 0 Å². The molecule has 1 aliphatic heterocycles. The van der Waals surface area contributed by atoms with Crippen LogP contribution in [0.3, 0.4) is 0 Å². The summed E-state index contributed by atoms with van der Waals surface area (Å²) in [7, 11) is 0. The van der Waals surface area contributed by atoms with Gasteiger partial charge in [-0.25, -0.2) is 4.98 Å². The summed E-state index contributed by atoms with van der Waals surface area (Å²) >= 11 is 6.68. The van der Waals surface area contributed by atoms with E-state index in [0.717, 1.165) is 31.2 Å². The van der Waals surface area contributed by atoms with Gasteiger partial charge in [0.15, 0.2) is 0 Å². The number of rotatable bonds is 11. The van der Waals surface area contributed by atoms with E-state index in [9.17, 15) is 9.59 Å². The number of thiocarbonyl (C=S) groups is 1. The quantitative estimate of drug-likeness (QED) is 0.281. The maximum absolute atomic E-state index is 13.4. The lowest BCUT2D eigenvalue weighted by Crippen LogP contribution is -2.29. The molecule has 0 spiro atoms. The molecule has 0 unspecified atom stereocenters. The number of hydrogen-bond donors (Lipinski definition) is 1. The van der Waals surface area contributed by atoms with Crippen molar-refractivity contribution in [1.29, 1.82) is 0 Å². The zero-order chi connectivity index (χ0) is 24.0. The van der Waals surface area contributed by atoms with Gasteiger partial charge in [0.05, 0.1) is 16.6 Å². The second-order valence-electron chi connectivity index (χ2n) is 8.35. The first-order valence-electron chi connectivity index (χ1n) is 11.5. The molecule has 33 heavy (non-hydrogen) atoms. The summed E-state index contributed by atoms with van der Waals surface area (Å²) in [6.07, 6.45) is 7.36. The SMILES string of the molecule is CCCCCN1C(=O)/C(=C/c2c(NCCCOC(C)C)nc3ccc(C)cn3c2=O)SC1=S. The molecule has 3 rings (SSSR count). The van der Waals surface area contributed by atoms with Gasteiger partial charge in [-0.2, -0.15) is 0 Å². The standard InChI is InChI=1S/C24H32N4O3S2/c1-5-6-7-12-27-23(30)19(33-24(27)32)14-18-21(25-11-8-13-31-16(2)3)26-20-10-9-17(4)15-28(20)22(18)29/h9-10,14-16,25H,5-8,11-13H2,1-4H3/b19-14-. The van der Waals surface area contributed by atoms with E-state index < -0.39 is 0 Å². The van der Waals surface area contributed by atoms with Crippen molar-refractivity contribution in [1.82, 2.24) is 14.3 Å². The Kier molecular flexibility index (Phi) is 9.05. The molecule has 1 aliphatic rings. The minimum absolute atomic E-state index is 0.147. The van der Waals surface area contributed by atoms with Crippen LogP contribution in [0.1, 0.15) is 57.6 Å². The molecule has 0 saturated carbocycles. The third-order valence-electron chi connectivity index (χ3n) is 5.20. The molecule has 2 aromatic rings. The third kappa shape index (κ3) is 6.43. The summed E-state index contributed by atoms with van der Waals surface area (Å²) in [4.78, 5) is 33.2. The summed E-state index contributed by atoms with van der Waals surface area (Å²) < 4.78 is 7.66. The molecular formula is C24H32N4O3S2. The monoisotopic (exact) mass is 488 g/mol. The molecular weight excluding hydrogens is 456 g/mol. The Labute approximate surface area is 204 Å². The van der Waals surface area contributed by atoms with Gasteiger partial charge < -0.3 is 10.1 Å². The maximum Gasteiger partial charge on any atom is 0.267 e. The van der Waals surface area contributed by atoms with Crippen LogP contribution < -0.4 is 10.9 Å². The van der Waals surface area contributed by atoms with Gasteiger partial charge in [0.2, 0.25) is 0 Å². The first-order valence-corrected chi connectivity index (χ1v) is 12.7. The molecule has 1 saturated heterocycles. The van der Waals surface area contributed by atoms with E-state index in [4.69, 9.17) is 17.0 Å². The molecule has 2 aromatic heterocycles. The van der Waals surface area contributed by atoms with Crippen molar-refractivity contribution >= 4 is 51.7 Å². The number of aryl methyl sites for hydroxylation is 1. The van der Waals surface area contributed by atoms with E-state index in [1.165, 1.54) is 16.2 Å². The smallest absolute Gasteiger partial charge is 0.267 e. The van der Waals surface area contributed by atoms with E-state index >= 15 is 0 Å². The van der Waals surface area contributed by atoms with Crippen LogP contribution in [0, 0.1) is 6.92 Å². The largest absolute Gasteiger partial charge is 0.379 e. The Morgan fingerprint density at radius 3 is 2.76 bits per heavy atom. The highest BCUT2D eigenvalue weighted by Crippen LogP contribution is 2.33. The van der Waals surface area contributed by atoms with Crippen molar-refractivity contribution in [3.8, 4) is 0 Å². The number of thioether (sulfide) groups is 1. The Morgan fingerprint density at radius 2 is 2.03 bits per heavy atom. The van der Waals surface area contributed by atoms with Gasteiger partial charge in [-0.3, -0.25) is 18.9 Å². The number of carbonyl (C=O) groups excluding carboxylic acids is 1. The Bertz CT molecular complexity index is 1110. The Morgan fingerprint density at radius 1 is 1.24 bits per heavy atom. The lowest BCUT2D eigenvalue weighted by atomic mass is 10.2. The molecule has 178 valence electrons. The highest BCUT2D eigenvalue weighted by Gasteiger charge is 2.32. The minimum atomic E-state index is -0.221. The molecule has 0 radical (unpaired) electrons. The second-order valence-corrected chi connectivity index (χ2v) is 10.0. The molecule has 0 atom stereocenters. The van der Waals surface area contributed by atoms with Gasteiger partial charge in [-0.15, -0.1) is 0 Å². The first kappa shape index (κ1) is 25.4. The van der Waals surface area contributed by atoms with Crippen LogP contribution in [0.4, 0.5) is 5.82 Å². The van der Waals surface area contributed by atoms with E-state index in [2.05, 4.69) is 17.2 Å². The first-order chi connectivity index (χ1) is 15.8. The maximum atomic E-state index is 13.4. The number of anilines is 1. The average molecular weight is 489 g/mol. The van der Waals surface area contributed by atoms with Gasteiger partial charge in [-0.1, -0.05) is 49.8 Å². The van der Waals surface area contributed by atoms with Crippen molar-refractivity contribution in [3.05, 3.63) is 44.7 Å². The predicted molar refractivity (Wildman–Crippen MR) is 140 cm³/mol. The zero-order valence-corrected chi connectivity index (χ0v) is 21.4. The lowest BCUT2D eigenvalue weighted by Gasteiger charge is -2.14. The molecule has 0 bridgehead atoms. The number of fused-ring (bicyclic) bond motifs is 1. The van der Waals surface area contributed by atoms with Crippen LogP contribution in [0.2, 0.25) is 0 Å². The van der Waals surface area contributed by atoms with E-state index in [0.29, 0.717) is 46.0 Å². The fourth-order valence-corrected chi connectivity index (χ4v) is 4.76. The van der Waals surface area contributed by atoms with Gasteiger partial charge in [0, 0.05) is 25.9 Å². The van der Waals surface area contributed by atoms with E-state index in [-0.39, 0.29) is 17.6 Å². The number of unbranched alkanes of at least 4 members (excludes halogenated alkanes) is 2. The molecule has 3 heterocycles. The number of carbonyl (C=O) groups is 1. The third-order valence-corrected chi connectivity index (χ3v) is 6.58. The fraction of sp³-hybridized carbons (Fsp3) is 0.500. The molecule has 0 aromatic carbocycles. The van der Waals surface area contributed by atoms with Crippen LogP contribution in [-0.4, -0.2) is 50.3 Å². The molecule has 1 amide bonds. The van der Waals surface area contributed by atoms with Gasteiger partial charge >= 0.3 is 0 Å². The van der Waals surface area contributed by atoms with Crippen molar-refractivity contribution < 1.29 is 9.53 Å². The highest BCUT2D eigenvalue weighted by atomic mass is 32.2. The topological polar surface area (TPSA) is 75.9 Å². The predicted octanol–water partition coefficient (Wildman–Crippen LogP) is 4.62. The number of amides is 1. The summed E-state index contributed by atoms with van der Waals surface area (Å²) in [5, 5.41) is 3.27. The molecule has 1 N–H and O–H groups in total. The van der Waals surface area contributed by atoms with Crippen LogP contribution in [-0.2, 0) is 9.53 Å². The van der Waals surface area contributed by atoms with Crippen molar-refractivity contribution in [3.63, 3.8) is 0 Å². The number of nitrogens with one attached hydrogen (secondary N) is 1. The number of nitrogens with zero attached hydrogens (tertiary/aromatic N) is 3. The lowest BCUT2D eigenvalue weighted by molar-refractivity contribution is -0.122. The summed E-state index contributed by atoms with van der Waals surface area (Å²) in [5.41, 5.74) is 1.64. The van der Waals surface area contributed by atoms with Gasteiger partial charge in [0.25, 0.3) is 11.5 Å². The zero-order valence-electron chi connectivity index (χ0n) is 19.7. The van der Waals surface area contributed by atoms with Crippen LogP contribution in [0.25, 0.3) is 11.7 Å². The van der Waals surface area contributed by atoms with Gasteiger partial charge in [-0.05, 0) is 51.3 Å². The number of hydrogen-bond acceptors (Lipinski definition) is 7. The molecule has 9 heteroatoms. The van der Waals surface area contributed by atoms with Crippen molar-refractivity contribution in [2.75, 3.05) is 25.0 Å². The van der Waals surface area contributed by atoms with E-state index in [1.54, 1.807) is 17.2 Å². The molecule has 0 aliphatic carbocycles. The van der Waals surface area contributed by atoms with Crippen LogP contribution in [0.15, 0.2) is 28.0 Å². The van der Waals surface area contributed by atoms with Crippen molar-refractivity contribution in [2.24, 2.45) is 0 Å². The van der Waals surface area contributed by atoms with Gasteiger partial charge in [0.1, 0.15) is 15.8 Å². The number of pyridine rings is 1. The Hall–Kier alpha value is -2.23. The average Bonchev–Trinajstić information content (AvgIpc) is 3.03. The Balaban J connectivity index is 1.92. The summed E-state index contributed by atoms with van der Waals surface area (Å²) in [6.45, 7) is 9.85. The number of aromatic nitrogens is 2. The summed E-state index contributed by atoms with van der Waals surface area (Å²) in [6, 6.07) is 3.74. The number of ether oxygens (including phenoxy) is 1.